The van der Waals surface area contributed by atoms with Gasteiger partial charge in [-0.2, -0.15) is 13.2 Å². The van der Waals surface area contributed by atoms with Crippen LogP contribution in [0.5, 0.6) is 0 Å². The molecule has 43 heavy (non-hydrogen) atoms. The van der Waals surface area contributed by atoms with Crippen LogP contribution in [-0.4, -0.2) is 99.3 Å². The zero-order chi connectivity index (χ0) is 31.8. The summed E-state index contributed by atoms with van der Waals surface area (Å²) in [4.78, 5) is 55.6. The van der Waals surface area contributed by atoms with E-state index in [9.17, 15) is 27.6 Å². The Bertz CT molecular complexity index is 1290. The molecule has 2 fully saturated rings. The Balaban J connectivity index is 0.000000646. The molecular weight excluding hydrogens is 597 g/mol. The third-order valence-electron chi connectivity index (χ3n) is 6.86. The zero-order valence-corrected chi connectivity index (χ0v) is 24.3. The minimum Gasteiger partial charge on any atom is -0.475 e. The molecule has 1 aliphatic carbocycles. The highest BCUT2D eigenvalue weighted by Crippen LogP contribution is 2.49. The highest BCUT2D eigenvalue weighted by atomic mass is 35.5. The number of hydrogen-bond acceptors (Lipinski definition) is 9. The van der Waals surface area contributed by atoms with Gasteiger partial charge in [-0.25, -0.2) is 4.79 Å². The standard InChI is InChI=1S/C25H31ClN6O4.C2HF3O2/c1-3-36-21(33)8-11-27-23(34)22(18-5-4-17(2)28-14-18)31-12-13-32(16-25(15-31)9-10-25)24(35)19-6-7-20(26)30-29-19;3-2(4,5)1(6)7/h4-7,14,22H,3,8-13,15-16H2,1-2H3,(H,27,34);(H,6,7). The lowest BCUT2D eigenvalue weighted by Crippen LogP contribution is -2.44. The Morgan fingerprint density at radius 2 is 1.81 bits per heavy atom. The monoisotopic (exact) mass is 628 g/mol. The molecule has 1 atom stereocenters. The lowest BCUT2D eigenvalue weighted by atomic mass is 10.0. The number of ether oxygens (including phenoxy) is 1. The van der Waals surface area contributed by atoms with Gasteiger partial charge in [0.2, 0.25) is 5.91 Å². The molecule has 1 saturated carbocycles. The number of carbonyl (C=O) groups excluding carboxylic acids is 3. The van der Waals surface area contributed by atoms with Crippen molar-refractivity contribution in [3.63, 3.8) is 0 Å². The van der Waals surface area contributed by atoms with Crippen molar-refractivity contribution < 1.29 is 42.2 Å². The molecule has 1 spiro atoms. The van der Waals surface area contributed by atoms with Crippen molar-refractivity contribution in [1.29, 1.82) is 0 Å². The third-order valence-corrected chi connectivity index (χ3v) is 7.06. The van der Waals surface area contributed by atoms with Crippen LogP contribution in [0.25, 0.3) is 0 Å². The summed E-state index contributed by atoms with van der Waals surface area (Å²) in [5.74, 6) is -3.51. The van der Waals surface area contributed by atoms with Gasteiger partial charge in [-0.1, -0.05) is 17.7 Å². The second-order valence-corrected chi connectivity index (χ2v) is 10.6. The summed E-state index contributed by atoms with van der Waals surface area (Å²) in [5, 5.41) is 18.0. The third kappa shape index (κ3) is 9.85. The molecule has 2 N–H and O–H groups in total. The van der Waals surface area contributed by atoms with E-state index in [0.29, 0.717) is 32.8 Å². The molecule has 234 valence electrons. The molecule has 2 amide bonds. The van der Waals surface area contributed by atoms with Crippen molar-refractivity contribution in [1.82, 2.24) is 30.3 Å². The van der Waals surface area contributed by atoms with E-state index >= 15 is 0 Å². The Morgan fingerprint density at radius 1 is 1.12 bits per heavy atom. The zero-order valence-electron chi connectivity index (χ0n) is 23.6. The number of rotatable bonds is 8. The smallest absolute Gasteiger partial charge is 0.475 e. The average molecular weight is 629 g/mol. The molecule has 1 unspecified atom stereocenters. The van der Waals surface area contributed by atoms with Crippen LogP contribution in [0.2, 0.25) is 5.15 Å². The van der Waals surface area contributed by atoms with E-state index in [1.54, 1.807) is 30.2 Å². The van der Waals surface area contributed by atoms with Crippen molar-refractivity contribution in [2.45, 2.75) is 45.3 Å². The van der Waals surface area contributed by atoms with Crippen LogP contribution in [0.3, 0.4) is 0 Å². The molecule has 2 aliphatic rings. The number of carboxylic acid groups (broad SMARTS) is 1. The Labute approximate surface area is 250 Å². The van der Waals surface area contributed by atoms with Crippen molar-refractivity contribution in [3.8, 4) is 0 Å². The van der Waals surface area contributed by atoms with Crippen molar-refractivity contribution >= 4 is 35.4 Å². The summed E-state index contributed by atoms with van der Waals surface area (Å²) < 4.78 is 36.7. The number of nitrogens with one attached hydrogen (secondary N) is 1. The van der Waals surface area contributed by atoms with Gasteiger partial charge in [0.1, 0.15) is 6.04 Å². The second-order valence-electron chi connectivity index (χ2n) is 10.2. The summed E-state index contributed by atoms with van der Waals surface area (Å²) in [7, 11) is 0. The molecular formula is C27H32ClF3N6O6. The molecule has 2 aromatic rings. The quantitative estimate of drug-likeness (QED) is 0.417. The molecule has 16 heteroatoms. The van der Waals surface area contributed by atoms with Crippen LogP contribution in [0.1, 0.15) is 54.0 Å². The number of aromatic nitrogens is 3. The topological polar surface area (TPSA) is 155 Å². The predicted molar refractivity (Wildman–Crippen MR) is 146 cm³/mol. The number of hydrogen-bond donors (Lipinski definition) is 2. The summed E-state index contributed by atoms with van der Waals surface area (Å²) >= 11 is 5.83. The summed E-state index contributed by atoms with van der Waals surface area (Å²) in [6.45, 7) is 6.34. The van der Waals surface area contributed by atoms with Crippen molar-refractivity contribution in [2.24, 2.45) is 5.41 Å². The van der Waals surface area contributed by atoms with Gasteiger partial charge in [0.25, 0.3) is 5.91 Å². The number of alkyl halides is 3. The number of aryl methyl sites for hydroxylation is 1. The minimum absolute atomic E-state index is 0.0758. The predicted octanol–water partition coefficient (Wildman–Crippen LogP) is 2.82. The van der Waals surface area contributed by atoms with Gasteiger partial charge in [0, 0.05) is 50.0 Å². The summed E-state index contributed by atoms with van der Waals surface area (Å²) in [6.07, 6.45) is -1.31. The first-order valence-corrected chi connectivity index (χ1v) is 13.8. The van der Waals surface area contributed by atoms with E-state index in [1.165, 1.54) is 0 Å². The van der Waals surface area contributed by atoms with Gasteiger partial charge < -0.3 is 20.1 Å². The van der Waals surface area contributed by atoms with Crippen LogP contribution in [0.15, 0.2) is 30.5 Å². The van der Waals surface area contributed by atoms with E-state index in [-0.39, 0.29) is 47.0 Å². The number of carboxylic acids is 1. The molecule has 0 radical (unpaired) electrons. The van der Waals surface area contributed by atoms with Crippen LogP contribution < -0.4 is 5.32 Å². The molecule has 2 aromatic heterocycles. The van der Waals surface area contributed by atoms with Gasteiger partial charge in [0.15, 0.2) is 10.8 Å². The Hall–Kier alpha value is -3.85. The highest BCUT2D eigenvalue weighted by molar-refractivity contribution is 6.29. The maximum absolute atomic E-state index is 13.4. The van der Waals surface area contributed by atoms with E-state index in [1.807, 2.05) is 19.1 Å². The van der Waals surface area contributed by atoms with Crippen molar-refractivity contribution in [3.05, 3.63) is 52.6 Å². The number of amides is 2. The summed E-state index contributed by atoms with van der Waals surface area (Å²) in [5.41, 5.74) is 1.80. The van der Waals surface area contributed by atoms with Crippen LogP contribution >= 0.6 is 11.6 Å². The number of esters is 1. The number of aliphatic carboxylic acids is 1. The first-order chi connectivity index (χ1) is 20.2. The fourth-order valence-corrected chi connectivity index (χ4v) is 4.66. The molecule has 0 bridgehead atoms. The first-order valence-electron chi connectivity index (χ1n) is 13.4. The lowest BCUT2D eigenvalue weighted by Gasteiger charge is -2.31. The maximum Gasteiger partial charge on any atom is 0.490 e. The second kappa shape index (κ2) is 14.6. The van der Waals surface area contributed by atoms with Crippen LogP contribution in [-0.2, 0) is 19.1 Å². The SMILES string of the molecule is CCOC(=O)CCNC(=O)C(c1ccc(C)nc1)N1CCN(C(=O)c2ccc(Cl)nn2)CC2(CC2)C1.O=C(O)C(F)(F)F. The maximum atomic E-state index is 13.4. The Kier molecular flexibility index (Phi) is 11.4. The van der Waals surface area contributed by atoms with E-state index in [2.05, 4.69) is 25.4 Å². The largest absolute Gasteiger partial charge is 0.490 e. The van der Waals surface area contributed by atoms with E-state index in [4.69, 9.17) is 26.2 Å². The molecule has 12 nitrogen and oxygen atoms in total. The Morgan fingerprint density at radius 3 is 2.35 bits per heavy atom. The molecule has 1 saturated heterocycles. The first kappa shape index (κ1) is 33.6. The number of carbonyl (C=O) groups is 4. The fourth-order valence-electron chi connectivity index (χ4n) is 4.56. The van der Waals surface area contributed by atoms with Crippen LogP contribution in [0, 0.1) is 12.3 Å². The normalized spacial score (nSPS) is 16.7. The number of nitrogens with zero attached hydrogens (tertiary/aromatic N) is 5. The van der Waals surface area contributed by atoms with Gasteiger partial charge in [-0.3, -0.25) is 24.3 Å². The van der Waals surface area contributed by atoms with Crippen molar-refractivity contribution in [2.75, 3.05) is 39.3 Å². The fraction of sp³-hybridized carbons (Fsp3) is 0.519. The van der Waals surface area contributed by atoms with Gasteiger partial charge in [-0.05, 0) is 50.5 Å². The molecule has 3 heterocycles. The van der Waals surface area contributed by atoms with Crippen LogP contribution in [0.4, 0.5) is 13.2 Å². The molecule has 0 aromatic carbocycles. The average Bonchev–Trinajstić information content (AvgIpc) is 3.74. The lowest BCUT2D eigenvalue weighted by molar-refractivity contribution is -0.192. The molecule has 4 rings (SSSR count). The van der Waals surface area contributed by atoms with Gasteiger partial charge in [-0.15, -0.1) is 10.2 Å². The number of halogens is 4. The highest BCUT2D eigenvalue weighted by Gasteiger charge is 2.49. The van der Waals surface area contributed by atoms with E-state index < -0.39 is 18.2 Å². The molecule has 1 aliphatic heterocycles. The van der Waals surface area contributed by atoms with E-state index in [0.717, 1.165) is 24.1 Å². The number of pyridine rings is 1. The summed E-state index contributed by atoms with van der Waals surface area (Å²) in [6, 6.07) is 6.34. The minimum atomic E-state index is -5.08. The van der Waals surface area contributed by atoms with Gasteiger partial charge >= 0.3 is 18.1 Å². The van der Waals surface area contributed by atoms with Gasteiger partial charge in [0.05, 0.1) is 13.0 Å².